The number of ether oxygens (including phenoxy) is 2. The minimum Gasteiger partial charge on any atom is -0.488 e. The Labute approximate surface area is 112 Å². The van der Waals surface area contributed by atoms with Crippen LogP contribution >= 0.6 is 11.6 Å². The van der Waals surface area contributed by atoms with Gasteiger partial charge in [0.2, 0.25) is 0 Å². The molecule has 18 heavy (non-hydrogen) atoms. The van der Waals surface area contributed by atoms with Gasteiger partial charge in [-0.05, 0) is 44.4 Å². The third kappa shape index (κ3) is 3.36. The molecule has 1 aromatic rings. The molecule has 1 aromatic carbocycles. The van der Waals surface area contributed by atoms with Crippen molar-refractivity contribution in [2.45, 2.75) is 44.3 Å². The third-order valence-electron chi connectivity index (χ3n) is 3.13. The van der Waals surface area contributed by atoms with E-state index in [1.807, 2.05) is 0 Å². The van der Waals surface area contributed by atoms with E-state index in [9.17, 15) is 4.39 Å². The van der Waals surface area contributed by atoms with Crippen LogP contribution < -0.4 is 4.74 Å². The summed E-state index contributed by atoms with van der Waals surface area (Å²) < 4.78 is 24.9. The summed E-state index contributed by atoms with van der Waals surface area (Å²) in [7, 11) is 0. The van der Waals surface area contributed by atoms with Gasteiger partial charge in [0.05, 0.1) is 11.7 Å². The maximum absolute atomic E-state index is 13.6. The smallest absolute Gasteiger partial charge is 0.165 e. The SMILES string of the molecule is CC1(C)CCC(COc2ccc(CCl)cc2F)O1. The molecular weight excluding hydrogens is 255 g/mol. The number of hydrogen-bond acceptors (Lipinski definition) is 2. The molecule has 0 bridgehead atoms. The van der Waals surface area contributed by atoms with Crippen LogP contribution in [0.15, 0.2) is 18.2 Å². The Morgan fingerprint density at radius 1 is 1.50 bits per heavy atom. The lowest BCUT2D eigenvalue weighted by atomic mass is 10.1. The molecule has 1 saturated heterocycles. The average Bonchev–Trinajstić information content (AvgIpc) is 2.67. The predicted octanol–water partition coefficient (Wildman–Crippen LogP) is 3.90. The minimum absolute atomic E-state index is 0.0482. The van der Waals surface area contributed by atoms with E-state index in [1.54, 1.807) is 12.1 Å². The van der Waals surface area contributed by atoms with Crippen molar-refractivity contribution in [3.8, 4) is 5.75 Å². The van der Waals surface area contributed by atoms with E-state index in [2.05, 4.69) is 13.8 Å². The Hall–Kier alpha value is -0.800. The molecule has 0 aromatic heterocycles. The zero-order valence-electron chi connectivity index (χ0n) is 10.7. The molecule has 1 aliphatic heterocycles. The van der Waals surface area contributed by atoms with E-state index in [0.29, 0.717) is 12.5 Å². The molecule has 1 aliphatic rings. The van der Waals surface area contributed by atoms with Crippen LogP contribution in [0.3, 0.4) is 0 Å². The van der Waals surface area contributed by atoms with Crippen LogP contribution in [0.5, 0.6) is 5.75 Å². The summed E-state index contributed by atoms with van der Waals surface area (Å²) in [6, 6.07) is 4.79. The summed E-state index contributed by atoms with van der Waals surface area (Å²) in [6.07, 6.45) is 2.01. The van der Waals surface area contributed by atoms with Crippen LogP contribution in [0.4, 0.5) is 4.39 Å². The normalized spacial score (nSPS) is 22.1. The minimum atomic E-state index is -0.370. The predicted molar refractivity (Wildman–Crippen MR) is 69.6 cm³/mol. The summed E-state index contributed by atoms with van der Waals surface area (Å²) in [5.41, 5.74) is 0.662. The van der Waals surface area contributed by atoms with Crippen LogP contribution in [0.25, 0.3) is 0 Å². The standard InChI is InChI=1S/C14H18ClFO2/c1-14(2)6-5-11(18-14)9-17-13-4-3-10(8-15)7-12(13)16/h3-4,7,11H,5-6,8-9H2,1-2H3. The van der Waals surface area contributed by atoms with Crippen molar-refractivity contribution >= 4 is 11.6 Å². The van der Waals surface area contributed by atoms with Gasteiger partial charge in [-0.2, -0.15) is 0 Å². The molecule has 4 heteroatoms. The van der Waals surface area contributed by atoms with Crippen molar-refractivity contribution in [1.29, 1.82) is 0 Å². The van der Waals surface area contributed by atoms with Gasteiger partial charge < -0.3 is 9.47 Å². The lowest BCUT2D eigenvalue weighted by Crippen LogP contribution is -2.24. The van der Waals surface area contributed by atoms with Crippen LogP contribution in [0, 0.1) is 5.82 Å². The molecule has 2 nitrogen and oxygen atoms in total. The van der Waals surface area contributed by atoms with Crippen LogP contribution in [-0.4, -0.2) is 18.3 Å². The van der Waals surface area contributed by atoms with Crippen LogP contribution in [0.1, 0.15) is 32.3 Å². The third-order valence-corrected chi connectivity index (χ3v) is 3.44. The topological polar surface area (TPSA) is 18.5 Å². The van der Waals surface area contributed by atoms with Gasteiger partial charge in [-0.1, -0.05) is 6.07 Å². The molecular formula is C14H18ClFO2. The first-order valence-electron chi connectivity index (χ1n) is 6.15. The molecule has 0 amide bonds. The van der Waals surface area contributed by atoms with Crippen LogP contribution in [-0.2, 0) is 10.6 Å². The molecule has 0 radical (unpaired) electrons. The van der Waals surface area contributed by atoms with Gasteiger partial charge in [0.1, 0.15) is 6.61 Å². The Bertz CT molecular complexity index is 420. The first kappa shape index (κ1) is 13.6. The molecule has 2 rings (SSSR count). The average molecular weight is 273 g/mol. The molecule has 1 unspecified atom stereocenters. The van der Waals surface area contributed by atoms with Gasteiger partial charge in [-0.25, -0.2) is 4.39 Å². The highest BCUT2D eigenvalue weighted by atomic mass is 35.5. The van der Waals surface area contributed by atoms with E-state index in [1.165, 1.54) is 6.07 Å². The molecule has 0 N–H and O–H groups in total. The van der Waals surface area contributed by atoms with Gasteiger partial charge in [0.15, 0.2) is 11.6 Å². The van der Waals surface area contributed by atoms with Crippen molar-refractivity contribution < 1.29 is 13.9 Å². The highest BCUT2D eigenvalue weighted by Gasteiger charge is 2.32. The van der Waals surface area contributed by atoms with Crippen LogP contribution in [0.2, 0.25) is 0 Å². The van der Waals surface area contributed by atoms with Crippen molar-refractivity contribution in [3.63, 3.8) is 0 Å². The quantitative estimate of drug-likeness (QED) is 0.774. The molecule has 0 spiro atoms. The summed E-state index contributed by atoms with van der Waals surface area (Å²) in [5.74, 6) is 0.194. The van der Waals surface area contributed by atoms with Gasteiger partial charge in [-0.15, -0.1) is 11.6 Å². The number of hydrogen-bond donors (Lipinski definition) is 0. The summed E-state index contributed by atoms with van der Waals surface area (Å²) in [6.45, 7) is 4.51. The Morgan fingerprint density at radius 3 is 2.83 bits per heavy atom. The summed E-state index contributed by atoms with van der Waals surface area (Å²) >= 11 is 5.64. The number of benzene rings is 1. The summed E-state index contributed by atoms with van der Waals surface area (Å²) in [5, 5.41) is 0. The van der Waals surface area contributed by atoms with Crippen molar-refractivity contribution in [2.75, 3.05) is 6.61 Å². The Balaban J connectivity index is 1.91. The molecule has 1 fully saturated rings. The first-order valence-corrected chi connectivity index (χ1v) is 6.69. The maximum atomic E-state index is 13.6. The second kappa shape index (κ2) is 5.45. The Kier molecular flexibility index (Phi) is 4.13. The largest absolute Gasteiger partial charge is 0.488 e. The summed E-state index contributed by atoms with van der Waals surface area (Å²) in [4.78, 5) is 0. The van der Waals surface area contributed by atoms with Gasteiger partial charge in [0, 0.05) is 5.88 Å². The van der Waals surface area contributed by atoms with E-state index < -0.39 is 0 Å². The highest BCUT2D eigenvalue weighted by molar-refractivity contribution is 6.17. The zero-order chi connectivity index (χ0) is 13.2. The molecule has 0 saturated carbocycles. The fraction of sp³-hybridized carbons (Fsp3) is 0.571. The second-order valence-corrected chi connectivity index (χ2v) is 5.51. The van der Waals surface area contributed by atoms with E-state index in [0.717, 1.165) is 18.4 Å². The molecule has 1 atom stereocenters. The van der Waals surface area contributed by atoms with Gasteiger partial charge in [0.25, 0.3) is 0 Å². The zero-order valence-corrected chi connectivity index (χ0v) is 11.5. The lowest BCUT2D eigenvalue weighted by Gasteiger charge is -2.19. The molecule has 100 valence electrons. The second-order valence-electron chi connectivity index (χ2n) is 5.25. The number of alkyl halides is 1. The van der Waals surface area contributed by atoms with Gasteiger partial charge >= 0.3 is 0 Å². The Morgan fingerprint density at radius 2 is 2.28 bits per heavy atom. The first-order chi connectivity index (χ1) is 8.50. The van der Waals surface area contributed by atoms with Crippen molar-refractivity contribution in [1.82, 2.24) is 0 Å². The van der Waals surface area contributed by atoms with E-state index >= 15 is 0 Å². The maximum Gasteiger partial charge on any atom is 0.165 e. The number of halogens is 2. The fourth-order valence-electron chi connectivity index (χ4n) is 2.12. The van der Waals surface area contributed by atoms with Crippen molar-refractivity contribution in [3.05, 3.63) is 29.6 Å². The van der Waals surface area contributed by atoms with E-state index in [-0.39, 0.29) is 23.3 Å². The lowest BCUT2D eigenvalue weighted by molar-refractivity contribution is -0.0330. The molecule has 1 heterocycles. The van der Waals surface area contributed by atoms with Crippen molar-refractivity contribution in [2.24, 2.45) is 0 Å². The molecule has 0 aliphatic carbocycles. The highest BCUT2D eigenvalue weighted by Crippen LogP contribution is 2.30. The fourth-order valence-corrected chi connectivity index (χ4v) is 2.29. The van der Waals surface area contributed by atoms with Gasteiger partial charge in [-0.3, -0.25) is 0 Å². The number of rotatable bonds is 4. The van der Waals surface area contributed by atoms with E-state index in [4.69, 9.17) is 21.1 Å². The monoisotopic (exact) mass is 272 g/mol.